The number of carboxylic acids is 1. The Balaban J connectivity index is 2.40. The molecule has 20 heavy (non-hydrogen) atoms. The predicted molar refractivity (Wildman–Crippen MR) is 74.5 cm³/mol. The Labute approximate surface area is 115 Å². The van der Waals surface area contributed by atoms with E-state index in [4.69, 9.17) is 15.6 Å². The number of nitrogen functional groups attached to an aromatic ring is 1. The van der Waals surface area contributed by atoms with Crippen LogP contribution < -0.4 is 10.5 Å². The summed E-state index contributed by atoms with van der Waals surface area (Å²) in [6, 6.07) is 8.47. The van der Waals surface area contributed by atoms with Gasteiger partial charge < -0.3 is 15.6 Å². The van der Waals surface area contributed by atoms with Crippen molar-refractivity contribution >= 4 is 11.9 Å². The lowest BCUT2D eigenvalue weighted by Crippen LogP contribution is -2.06. The molecule has 6 heteroatoms. The van der Waals surface area contributed by atoms with Crippen LogP contribution in [0, 0.1) is 0 Å². The second kappa shape index (κ2) is 5.83. The third-order valence-corrected chi connectivity index (χ3v) is 2.46. The molecule has 0 unspecified atom stereocenters. The van der Waals surface area contributed by atoms with Gasteiger partial charge in [-0.3, -0.25) is 0 Å². The van der Waals surface area contributed by atoms with Crippen LogP contribution in [0.2, 0.25) is 0 Å². The molecular formula is C14H13N3O3. The van der Waals surface area contributed by atoms with E-state index in [2.05, 4.69) is 16.5 Å². The summed E-state index contributed by atoms with van der Waals surface area (Å²) in [5.74, 6) is -0.604. The van der Waals surface area contributed by atoms with E-state index in [0.29, 0.717) is 23.6 Å². The largest absolute Gasteiger partial charge is 0.490 e. The Bertz CT molecular complexity index is 656. The number of anilines is 1. The lowest BCUT2D eigenvalue weighted by atomic mass is 10.1. The van der Waals surface area contributed by atoms with Gasteiger partial charge >= 0.3 is 5.97 Å². The first-order valence-corrected chi connectivity index (χ1v) is 5.82. The van der Waals surface area contributed by atoms with Gasteiger partial charge in [0, 0.05) is 5.56 Å². The molecule has 3 N–H and O–H groups in total. The fraction of sp³-hybridized carbons (Fsp3) is 0.0714. The number of nitrogens with two attached hydrogens (primary N) is 1. The molecule has 2 aromatic rings. The minimum absolute atomic E-state index is 0.0858. The van der Waals surface area contributed by atoms with E-state index in [1.807, 2.05) is 0 Å². The zero-order chi connectivity index (χ0) is 14.5. The van der Waals surface area contributed by atoms with Crippen molar-refractivity contribution in [3.8, 4) is 17.0 Å². The maximum Gasteiger partial charge on any atom is 0.354 e. The first-order valence-electron chi connectivity index (χ1n) is 5.82. The molecule has 0 radical (unpaired) electrons. The average molecular weight is 271 g/mol. The summed E-state index contributed by atoms with van der Waals surface area (Å²) in [7, 11) is 0. The molecule has 0 fully saturated rings. The number of aromatic nitrogens is 2. The van der Waals surface area contributed by atoms with Gasteiger partial charge in [0.25, 0.3) is 0 Å². The lowest BCUT2D eigenvalue weighted by molar-refractivity contribution is 0.0690. The number of ether oxygens (including phenoxy) is 1. The van der Waals surface area contributed by atoms with Gasteiger partial charge in [0.2, 0.25) is 5.95 Å². The number of rotatable bonds is 5. The van der Waals surface area contributed by atoms with Crippen LogP contribution in [0.25, 0.3) is 11.3 Å². The standard InChI is InChI=1S/C14H13N3O3/c1-2-6-20-10-5-3-4-9(7-10)11-8-12(13(18)19)17-14(15)16-11/h2-5,7-8H,1,6H2,(H,18,19)(H2,15,16,17). The van der Waals surface area contributed by atoms with Crippen molar-refractivity contribution in [2.75, 3.05) is 12.3 Å². The highest BCUT2D eigenvalue weighted by atomic mass is 16.5. The molecule has 0 spiro atoms. The molecule has 1 aromatic carbocycles. The van der Waals surface area contributed by atoms with Crippen LogP contribution in [0.5, 0.6) is 5.75 Å². The third-order valence-electron chi connectivity index (χ3n) is 2.46. The first kappa shape index (κ1) is 13.5. The highest BCUT2D eigenvalue weighted by Gasteiger charge is 2.10. The van der Waals surface area contributed by atoms with Gasteiger partial charge in [-0.2, -0.15) is 0 Å². The minimum Gasteiger partial charge on any atom is -0.490 e. The van der Waals surface area contributed by atoms with Crippen molar-refractivity contribution in [1.29, 1.82) is 0 Å². The zero-order valence-corrected chi connectivity index (χ0v) is 10.6. The molecule has 0 atom stereocenters. The summed E-state index contributed by atoms with van der Waals surface area (Å²) >= 11 is 0. The molecule has 0 saturated carbocycles. The molecule has 1 aromatic heterocycles. The summed E-state index contributed by atoms with van der Waals surface area (Å²) < 4.78 is 5.42. The molecular weight excluding hydrogens is 258 g/mol. The van der Waals surface area contributed by atoms with Crippen molar-refractivity contribution in [3.05, 3.63) is 48.7 Å². The van der Waals surface area contributed by atoms with Gasteiger partial charge in [-0.05, 0) is 18.2 Å². The number of aromatic carboxylic acids is 1. The number of benzene rings is 1. The van der Waals surface area contributed by atoms with Crippen LogP contribution in [-0.4, -0.2) is 27.7 Å². The smallest absolute Gasteiger partial charge is 0.354 e. The van der Waals surface area contributed by atoms with Crippen LogP contribution in [0.1, 0.15) is 10.5 Å². The molecule has 6 nitrogen and oxygen atoms in total. The van der Waals surface area contributed by atoms with Crippen LogP contribution in [-0.2, 0) is 0 Å². The van der Waals surface area contributed by atoms with Crippen molar-refractivity contribution in [3.63, 3.8) is 0 Å². The van der Waals surface area contributed by atoms with E-state index >= 15 is 0 Å². The number of hydrogen-bond donors (Lipinski definition) is 2. The first-order chi connectivity index (χ1) is 9.60. The van der Waals surface area contributed by atoms with Crippen LogP contribution in [0.3, 0.4) is 0 Å². The van der Waals surface area contributed by atoms with E-state index in [9.17, 15) is 4.79 Å². The van der Waals surface area contributed by atoms with Crippen LogP contribution >= 0.6 is 0 Å². The van der Waals surface area contributed by atoms with Gasteiger partial charge in [-0.25, -0.2) is 14.8 Å². The van der Waals surface area contributed by atoms with Crippen LogP contribution in [0.15, 0.2) is 43.0 Å². The van der Waals surface area contributed by atoms with Gasteiger partial charge in [-0.15, -0.1) is 0 Å². The van der Waals surface area contributed by atoms with Crippen LogP contribution in [0.4, 0.5) is 5.95 Å². The van der Waals surface area contributed by atoms with Crippen molar-refractivity contribution in [2.45, 2.75) is 0 Å². The highest BCUT2D eigenvalue weighted by Crippen LogP contribution is 2.23. The molecule has 1 heterocycles. The van der Waals surface area contributed by atoms with Crippen molar-refractivity contribution in [1.82, 2.24) is 9.97 Å². The van der Waals surface area contributed by atoms with E-state index < -0.39 is 5.97 Å². The highest BCUT2D eigenvalue weighted by molar-refractivity contribution is 5.87. The maximum absolute atomic E-state index is 11.0. The Morgan fingerprint density at radius 1 is 1.40 bits per heavy atom. The zero-order valence-electron chi connectivity index (χ0n) is 10.6. The summed E-state index contributed by atoms with van der Waals surface area (Å²) in [6.45, 7) is 3.96. The Kier molecular flexibility index (Phi) is 3.95. The number of hydrogen-bond acceptors (Lipinski definition) is 5. The van der Waals surface area contributed by atoms with Gasteiger partial charge in [-0.1, -0.05) is 24.8 Å². The van der Waals surface area contributed by atoms with E-state index in [1.165, 1.54) is 6.07 Å². The second-order valence-corrected chi connectivity index (χ2v) is 3.93. The predicted octanol–water partition coefficient (Wildman–Crippen LogP) is 1.99. The molecule has 0 amide bonds. The summed E-state index contributed by atoms with van der Waals surface area (Å²) in [5, 5.41) is 8.97. The normalized spacial score (nSPS) is 10.0. The average Bonchev–Trinajstić information content (AvgIpc) is 2.44. The van der Waals surface area contributed by atoms with Crippen molar-refractivity contribution in [2.24, 2.45) is 0 Å². The Hall–Kier alpha value is -2.89. The molecule has 2 rings (SSSR count). The Morgan fingerprint density at radius 3 is 2.90 bits per heavy atom. The molecule has 0 aliphatic heterocycles. The fourth-order valence-corrected chi connectivity index (χ4v) is 1.62. The maximum atomic E-state index is 11.0. The second-order valence-electron chi connectivity index (χ2n) is 3.93. The molecule has 0 aliphatic carbocycles. The van der Waals surface area contributed by atoms with Gasteiger partial charge in [0.1, 0.15) is 12.4 Å². The fourth-order valence-electron chi connectivity index (χ4n) is 1.62. The summed E-state index contributed by atoms with van der Waals surface area (Å²) in [6.07, 6.45) is 1.64. The Morgan fingerprint density at radius 2 is 2.20 bits per heavy atom. The van der Waals surface area contributed by atoms with E-state index in [0.717, 1.165) is 0 Å². The summed E-state index contributed by atoms with van der Waals surface area (Å²) in [5.41, 5.74) is 6.50. The monoisotopic (exact) mass is 271 g/mol. The molecule has 0 bridgehead atoms. The number of carboxylic acid groups (broad SMARTS) is 1. The quantitative estimate of drug-likeness (QED) is 0.807. The molecule has 0 aliphatic rings. The lowest BCUT2D eigenvalue weighted by Gasteiger charge is -2.07. The van der Waals surface area contributed by atoms with E-state index in [-0.39, 0.29) is 11.6 Å². The van der Waals surface area contributed by atoms with E-state index in [1.54, 1.807) is 30.3 Å². The molecule has 0 saturated heterocycles. The van der Waals surface area contributed by atoms with Gasteiger partial charge in [0.15, 0.2) is 5.69 Å². The minimum atomic E-state index is -1.15. The number of carbonyl (C=O) groups is 1. The third kappa shape index (κ3) is 3.11. The molecule has 102 valence electrons. The van der Waals surface area contributed by atoms with Crippen molar-refractivity contribution < 1.29 is 14.6 Å². The van der Waals surface area contributed by atoms with Gasteiger partial charge in [0.05, 0.1) is 5.69 Å². The number of nitrogens with zero attached hydrogens (tertiary/aromatic N) is 2. The summed E-state index contributed by atoms with van der Waals surface area (Å²) in [4.78, 5) is 18.7. The topological polar surface area (TPSA) is 98.3 Å². The SMILES string of the molecule is C=CCOc1cccc(-c2cc(C(=O)O)nc(N)n2)c1.